The van der Waals surface area contributed by atoms with Crippen molar-refractivity contribution in [3.8, 4) is 5.75 Å². The number of unbranched alkanes of at least 4 members (excludes halogenated alkanes) is 1. The minimum absolute atomic E-state index is 0.0327. The van der Waals surface area contributed by atoms with E-state index in [9.17, 15) is 9.90 Å². The van der Waals surface area contributed by atoms with Gasteiger partial charge in [0, 0.05) is 23.0 Å². The quantitative estimate of drug-likeness (QED) is 0.464. The number of aromatic nitrogens is 1. The summed E-state index contributed by atoms with van der Waals surface area (Å²) >= 11 is 1.61. The van der Waals surface area contributed by atoms with Gasteiger partial charge in [-0.3, -0.25) is 4.98 Å². The molecule has 1 heterocycles. The lowest BCUT2D eigenvalue weighted by atomic mass is 10.1. The predicted molar refractivity (Wildman–Crippen MR) is 91.8 cm³/mol. The number of hydrogen-bond acceptors (Lipinski definition) is 5. The van der Waals surface area contributed by atoms with Crippen LogP contribution >= 0.6 is 11.8 Å². The molecule has 0 amide bonds. The van der Waals surface area contributed by atoms with Crippen molar-refractivity contribution in [3.05, 3.63) is 53.3 Å². The second-order valence-corrected chi connectivity index (χ2v) is 6.24. The monoisotopic (exact) mass is 331 g/mol. The molecular formula is C18H21NO3S. The molecule has 122 valence electrons. The zero-order valence-corrected chi connectivity index (χ0v) is 14.2. The Morgan fingerprint density at radius 3 is 2.87 bits per heavy atom. The van der Waals surface area contributed by atoms with E-state index in [0.717, 1.165) is 34.6 Å². The summed E-state index contributed by atoms with van der Waals surface area (Å²) in [6.07, 6.45) is 5.34. The number of nitrogens with zero attached hydrogens (tertiary/aromatic N) is 1. The number of aromatic hydroxyl groups is 1. The number of carbonyl (C=O) groups is 1. The molecule has 0 unspecified atom stereocenters. The number of phenols is 1. The summed E-state index contributed by atoms with van der Waals surface area (Å²) in [4.78, 5) is 17.2. The minimum atomic E-state index is -0.461. The third-order valence-corrected chi connectivity index (χ3v) is 4.68. The molecule has 2 aromatic rings. The van der Waals surface area contributed by atoms with Gasteiger partial charge in [-0.25, -0.2) is 4.79 Å². The van der Waals surface area contributed by atoms with Crippen LogP contribution in [0.15, 0.2) is 41.6 Å². The van der Waals surface area contributed by atoms with Crippen LogP contribution in [0.5, 0.6) is 5.75 Å². The Balaban J connectivity index is 2.12. The SMILES string of the molecule is CCCCOC(=O)c1c(O)ccc(SCc2cccnc2)c1C. The Labute approximate surface area is 140 Å². The van der Waals surface area contributed by atoms with Gasteiger partial charge in [-0.1, -0.05) is 19.4 Å². The van der Waals surface area contributed by atoms with E-state index >= 15 is 0 Å². The first kappa shape index (κ1) is 17.3. The lowest BCUT2D eigenvalue weighted by Gasteiger charge is -2.12. The van der Waals surface area contributed by atoms with Gasteiger partial charge in [0.1, 0.15) is 11.3 Å². The summed E-state index contributed by atoms with van der Waals surface area (Å²) in [7, 11) is 0. The highest BCUT2D eigenvalue weighted by molar-refractivity contribution is 7.98. The van der Waals surface area contributed by atoms with Crippen LogP contribution in [0.1, 0.15) is 41.3 Å². The van der Waals surface area contributed by atoms with E-state index < -0.39 is 5.97 Å². The van der Waals surface area contributed by atoms with Crippen molar-refractivity contribution in [1.82, 2.24) is 4.98 Å². The minimum Gasteiger partial charge on any atom is -0.507 e. The molecule has 0 saturated carbocycles. The number of carbonyl (C=O) groups excluding carboxylic acids is 1. The summed E-state index contributed by atoms with van der Waals surface area (Å²) in [5, 5.41) is 10.0. The average Bonchev–Trinajstić information content (AvgIpc) is 2.55. The van der Waals surface area contributed by atoms with E-state index in [2.05, 4.69) is 4.98 Å². The van der Waals surface area contributed by atoms with E-state index in [1.54, 1.807) is 24.0 Å². The highest BCUT2D eigenvalue weighted by Gasteiger charge is 2.18. The number of benzene rings is 1. The number of phenolic OH excluding ortho intramolecular Hbond substituents is 1. The van der Waals surface area contributed by atoms with Crippen LogP contribution in [0.25, 0.3) is 0 Å². The fourth-order valence-corrected chi connectivity index (χ4v) is 3.09. The van der Waals surface area contributed by atoms with Gasteiger partial charge in [-0.15, -0.1) is 11.8 Å². The van der Waals surface area contributed by atoms with Crippen LogP contribution in [-0.4, -0.2) is 22.7 Å². The summed E-state index contributed by atoms with van der Waals surface area (Å²) in [6.45, 7) is 4.25. The van der Waals surface area contributed by atoms with Crippen molar-refractivity contribution >= 4 is 17.7 Å². The lowest BCUT2D eigenvalue weighted by Crippen LogP contribution is -2.09. The van der Waals surface area contributed by atoms with Crippen molar-refractivity contribution in [1.29, 1.82) is 0 Å². The molecule has 0 bridgehead atoms. The Kier molecular flexibility index (Phi) is 6.47. The number of esters is 1. The van der Waals surface area contributed by atoms with Crippen LogP contribution in [0, 0.1) is 6.92 Å². The number of rotatable bonds is 7. The molecule has 5 heteroatoms. The molecular weight excluding hydrogens is 310 g/mol. The molecule has 0 aliphatic rings. The van der Waals surface area contributed by atoms with Crippen LogP contribution in [0.4, 0.5) is 0 Å². The van der Waals surface area contributed by atoms with Crippen molar-refractivity contribution < 1.29 is 14.6 Å². The van der Waals surface area contributed by atoms with Gasteiger partial charge < -0.3 is 9.84 Å². The molecule has 1 aromatic heterocycles. The molecule has 23 heavy (non-hydrogen) atoms. The van der Waals surface area contributed by atoms with E-state index in [1.165, 1.54) is 0 Å². The van der Waals surface area contributed by atoms with Gasteiger partial charge >= 0.3 is 5.97 Å². The lowest BCUT2D eigenvalue weighted by molar-refractivity contribution is 0.0495. The topological polar surface area (TPSA) is 59.4 Å². The van der Waals surface area contributed by atoms with Crippen LogP contribution < -0.4 is 0 Å². The molecule has 0 aliphatic carbocycles. The van der Waals surface area contributed by atoms with Crippen LogP contribution in [-0.2, 0) is 10.5 Å². The summed E-state index contributed by atoms with van der Waals surface area (Å²) in [6, 6.07) is 7.29. The van der Waals surface area contributed by atoms with Gasteiger partial charge in [0.05, 0.1) is 6.61 Å². The van der Waals surface area contributed by atoms with E-state index in [0.29, 0.717) is 6.61 Å². The molecule has 2 rings (SSSR count). The fourth-order valence-electron chi connectivity index (χ4n) is 2.12. The zero-order valence-electron chi connectivity index (χ0n) is 13.4. The molecule has 0 saturated heterocycles. The van der Waals surface area contributed by atoms with E-state index in [1.807, 2.05) is 38.2 Å². The maximum atomic E-state index is 12.2. The van der Waals surface area contributed by atoms with Gasteiger partial charge in [0.25, 0.3) is 0 Å². The number of ether oxygens (including phenoxy) is 1. The molecule has 1 N–H and O–H groups in total. The zero-order chi connectivity index (χ0) is 16.7. The van der Waals surface area contributed by atoms with E-state index in [4.69, 9.17) is 4.74 Å². The van der Waals surface area contributed by atoms with Crippen molar-refractivity contribution in [2.75, 3.05) is 6.61 Å². The Morgan fingerprint density at radius 1 is 1.35 bits per heavy atom. The second-order valence-electron chi connectivity index (χ2n) is 5.22. The van der Waals surface area contributed by atoms with Crippen LogP contribution in [0.3, 0.4) is 0 Å². The normalized spacial score (nSPS) is 10.5. The standard InChI is InChI=1S/C18H21NO3S/c1-3-4-10-22-18(21)17-13(2)16(8-7-15(17)20)23-12-14-6-5-9-19-11-14/h5-9,11,20H,3-4,10,12H2,1-2H3. The second kappa shape index (κ2) is 8.58. The highest BCUT2D eigenvalue weighted by atomic mass is 32.2. The number of thioether (sulfide) groups is 1. The average molecular weight is 331 g/mol. The van der Waals surface area contributed by atoms with Crippen molar-refractivity contribution in [2.24, 2.45) is 0 Å². The van der Waals surface area contributed by atoms with Gasteiger partial charge in [-0.2, -0.15) is 0 Å². The van der Waals surface area contributed by atoms with Gasteiger partial charge in [-0.05, 0) is 42.7 Å². The largest absolute Gasteiger partial charge is 0.507 e. The number of hydrogen-bond donors (Lipinski definition) is 1. The maximum absolute atomic E-state index is 12.2. The molecule has 4 nitrogen and oxygen atoms in total. The smallest absolute Gasteiger partial charge is 0.342 e. The Morgan fingerprint density at radius 2 is 2.17 bits per heavy atom. The Bertz CT molecular complexity index is 659. The molecule has 1 aromatic carbocycles. The fraction of sp³-hybridized carbons (Fsp3) is 0.333. The van der Waals surface area contributed by atoms with E-state index in [-0.39, 0.29) is 11.3 Å². The van der Waals surface area contributed by atoms with Crippen molar-refractivity contribution in [2.45, 2.75) is 37.3 Å². The summed E-state index contributed by atoms with van der Waals surface area (Å²) in [5.41, 5.74) is 2.12. The third-order valence-electron chi connectivity index (χ3n) is 3.45. The first-order valence-electron chi connectivity index (χ1n) is 7.65. The molecule has 0 fully saturated rings. The van der Waals surface area contributed by atoms with Gasteiger partial charge in [0.2, 0.25) is 0 Å². The molecule has 0 aliphatic heterocycles. The first-order chi connectivity index (χ1) is 11.1. The Hall–Kier alpha value is -2.01. The maximum Gasteiger partial charge on any atom is 0.342 e. The first-order valence-corrected chi connectivity index (χ1v) is 8.63. The van der Waals surface area contributed by atoms with Gasteiger partial charge in [0.15, 0.2) is 0 Å². The third kappa shape index (κ3) is 4.73. The highest BCUT2D eigenvalue weighted by Crippen LogP contribution is 2.32. The molecule has 0 spiro atoms. The van der Waals surface area contributed by atoms with Crippen molar-refractivity contribution in [3.63, 3.8) is 0 Å². The van der Waals surface area contributed by atoms with Crippen LogP contribution in [0.2, 0.25) is 0 Å². The summed E-state index contributed by atoms with van der Waals surface area (Å²) in [5.74, 6) is 0.260. The predicted octanol–water partition coefficient (Wildman–Crippen LogP) is 4.34. The summed E-state index contributed by atoms with van der Waals surface area (Å²) < 4.78 is 5.23. The molecule has 0 radical (unpaired) electrons. The molecule has 0 atom stereocenters. The number of pyridine rings is 1.